The molecule has 1 heterocycles. The fraction of sp³-hybridized carbons (Fsp3) is 0.860. The van der Waals surface area contributed by atoms with E-state index in [1.165, 1.54) is 128 Å². The Bertz CT molecular complexity index is 1140. The van der Waals surface area contributed by atoms with Gasteiger partial charge in [-0.3, -0.25) is 9.35 Å². The summed E-state index contributed by atoms with van der Waals surface area (Å²) in [6.07, 6.45) is 27.1. The second kappa shape index (κ2) is 34.0. The highest BCUT2D eigenvalue weighted by molar-refractivity contribution is 7.85. The van der Waals surface area contributed by atoms with Crippen molar-refractivity contribution in [3.8, 4) is 0 Å². The van der Waals surface area contributed by atoms with E-state index in [0.717, 1.165) is 32.1 Å². The van der Waals surface area contributed by atoms with E-state index in [1.54, 1.807) is 12.2 Å². The molecule has 0 saturated carbocycles. The van der Waals surface area contributed by atoms with E-state index in [9.17, 15) is 37.9 Å². The Kier molecular flexibility index (Phi) is 31.7. The number of hydrogen-bond acceptors (Lipinski definition) is 11. The van der Waals surface area contributed by atoms with Crippen LogP contribution in [0.1, 0.15) is 181 Å². The average Bonchev–Trinajstić information content (AvgIpc) is 3.16. The molecular weight excluding hydrogens is 741 g/mol. The minimum atomic E-state index is -4.61. The number of carbonyl (C=O) groups excluding carboxylic acids is 2. The monoisotopic (exact) mass is 819 g/mol. The molecule has 1 aliphatic rings. The molecule has 0 aliphatic carbocycles. The van der Waals surface area contributed by atoms with Gasteiger partial charge < -0.3 is 34.3 Å². The average molecular weight is 819 g/mol. The Morgan fingerprint density at radius 1 is 0.643 bits per heavy atom. The standard InChI is InChI=1S/C43H78O12S/c1-3-5-7-9-11-13-15-17-18-20-21-23-25-27-29-31-38(44)52-33-36(34-53-43-42(48)41(47)40(46)37(55-43)35-56(49,50)51)54-39(45)32-30-28-26-24-22-19-16-14-12-10-8-6-4-2/h25,27,29,31,36-37,40-43,46-48H,3-24,26,28,30,32-35H2,1-2H3,(H,49,50,51)/b27-25+,31-29+/t36-,37-,40-,41?,42?,43+/m1/s1. The van der Waals surface area contributed by atoms with Gasteiger partial charge in [-0.15, -0.1) is 0 Å². The van der Waals surface area contributed by atoms with Crippen molar-refractivity contribution < 1.29 is 56.8 Å². The van der Waals surface area contributed by atoms with Crippen LogP contribution < -0.4 is 0 Å². The molecule has 0 spiro atoms. The zero-order valence-electron chi connectivity index (χ0n) is 34.7. The maximum Gasteiger partial charge on any atom is 0.330 e. The molecule has 2 unspecified atom stereocenters. The van der Waals surface area contributed by atoms with Gasteiger partial charge in [0.05, 0.1) is 6.61 Å². The van der Waals surface area contributed by atoms with Crippen molar-refractivity contribution in [3.63, 3.8) is 0 Å². The number of hydrogen-bond donors (Lipinski definition) is 4. The molecule has 1 aliphatic heterocycles. The maximum absolute atomic E-state index is 12.8. The predicted octanol–water partition coefficient (Wildman–Crippen LogP) is 8.45. The van der Waals surface area contributed by atoms with Gasteiger partial charge in [0.25, 0.3) is 10.1 Å². The number of esters is 2. The van der Waals surface area contributed by atoms with Gasteiger partial charge in [-0.1, -0.05) is 173 Å². The van der Waals surface area contributed by atoms with E-state index in [2.05, 4.69) is 13.8 Å². The summed E-state index contributed by atoms with van der Waals surface area (Å²) >= 11 is 0. The van der Waals surface area contributed by atoms with Gasteiger partial charge in [0.15, 0.2) is 12.4 Å². The Labute approximate surface area is 338 Å². The number of aliphatic hydroxyl groups excluding tert-OH is 3. The minimum absolute atomic E-state index is 0.149. The fourth-order valence-electron chi connectivity index (χ4n) is 6.71. The number of rotatable bonds is 36. The number of allylic oxidation sites excluding steroid dienone is 3. The summed E-state index contributed by atoms with van der Waals surface area (Å²) < 4.78 is 53.8. The molecule has 1 fully saturated rings. The Morgan fingerprint density at radius 3 is 1.62 bits per heavy atom. The zero-order valence-corrected chi connectivity index (χ0v) is 35.6. The molecule has 0 aromatic carbocycles. The third-order valence-electron chi connectivity index (χ3n) is 10.1. The summed E-state index contributed by atoms with van der Waals surface area (Å²) in [4.78, 5) is 25.2. The molecule has 1 saturated heterocycles. The van der Waals surface area contributed by atoms with Gasteiger partial charge in [0, 0.05) is 12.5 Å². The highest BCUT2D eigenvalue weighted by Crippen LogP contribution is 2.24. The Hall–Kier alpha value is -1.87. The SMILES string of the molecule is CCCCCCCCCCCCC/C=C/C=C/C(=O)OC[C@H](CO[C@H]1O[C@H](CS(=O)(=O)O)[C@@H](O)C(O)C1O)OC(=O)CCCCCCCCCCCCCCC. The lowest BCUT2D eigenvalue weighted by molar-refractivity contribution is -0.297. The third kappa shape index (κ3) is 28.5. The van der Waals surface area contributed by atoms with Gasteiger partial charge in [-0.25, -0.2) is 4.79 Å². The largest absolute Gasteiger partial charge is 0.458 e. The van der Waals surface area contributed by atoms with E-state index in [1.807, 2.05) is 6.08 Å². The lowest BCUT2D eigenvalue weighted by Crippen LogP contribution is -2.60. The lowest BCUT2D eigenvalue weighted by atomic mass is 10.00. The molecule has 0 bridgehead atoms. The van der Waals surface area contributed by atoms with E-state index in [4.69, 9.17) is 18.9 Å². The topological polar surface area (TPSA) is 186 Å². The van der Waals surface area contributed by atoms with Gasteiger partial charge in [-0.2, -0.15) is 8.42 Å². The fourth-order valence-corrected chi connectivity index (χ4v) is 7.40. The summed E-state index contributed by atoms with van der Waals surface area (Å²) in [5, 5.41) is 30.8. The number of unbranched alkanes of at least 4 members (excludes halogenated alkanes) is 23. The molecule has 6 atom stereocenters. The second-order valence-electron chi connectivity index (χ2n) is 15.4. The molecule has 1 rings (SSSR count). The molecule has 56 heavy (non-hydrogen) atoms. The number of ether oxygens (including phenoxy) is 4. The predicted molar refractivity (Wildman–Crippen MR) is 220 cm³/mol. The smallest absolute Gasteiger partial charge is 0.330 e. The third-order valence-corrected chi connectivity index (χ3v) is 10.9. The van der Waals surface area contributed by atoms with E-state index in [0.29, 0.717) is 6.42 Å². The lowest BCUT2D eigenvalue weighted by Gasteiger charge is -2.40. The van der Waals surface area contributed by atoms with Crippen molar-refractivity contribution in [2.75, 3.05) is 19.0 Å². The normalized spacial score (nSPS) is 20.9. The van der Waals surface area contributed by atoms with Crippen LogP contribution in [-0.4, -0.2) is 96.0 Å². The van der Waals surface area contributed by atoms with Crippen molar-refractivity contribution in [1.82, 2.24) is 0 Å². The van der Waals surface area contributed by atoms with Gasteiger partial charge >= 0.3 is 11.9 Å². The van der Waals surface area contributed by atoms with Crippen molar-refractivity contribution in [2.24, 2.45) is 0 Å². The van der Waals surface area contributed by atoms with Crippen LogP contribution in [0.2, 0.25) is 0 Å². The summed E-state index contributed by atoms with van der Waals surface area (Å²) in [6, 6.07) is 0. The number of carbonyl (C=O) groups is 2. The van der Waals surface area contributed by atoms with Crippen LogP contribution in [0.25, 0.3) is 0 Å². The van der Waals surface area contributed by atoms with Crippen molar-refractivity contribution >= 4 is 22.1 Å². The first-order chi connectivity index (χ1) is 27.0. The summed E-state index contributed by atoms with van der Waals surface area (Å²) in [5.74, 6) is -2.24. The summed E-state index contributed by atoms with van der Waals surface area (Å²) in [5.41, 5.74) is 0. The van der Waals surface area contributed by atoms with Crippen LogP contribution >= 0.6 is 0 Å². The zero-order chi connectivity index (χ0) is 41.3. The number of aliphatic hydroxyl groups is 3. The molecule has 0 amide bonds. The first-order valence-electron chi connectivity index (χ1n) is 21.9. The molecule has 0 radical (unpaired) electrons. The first-order valence-corrected chi connectivity index (χ1v) is 23.5. The van der Waals surface area contributed by atoms with Crippen molar-refractivity contribution in [1.29, 1.82) is 0 Å². The van der Waals surface area contributed by atoms with Crippen LogP contribution in [0.15, 0.2) is 24.3 Å². The van der Waals surface area contributed by atoms with E-state index >= 15 is 0 Å². The highest BCUT2D eigenvalue weighted by atomic mass is 32.2. The van der Waals surface area contributed by atoms with Crippen LogP contribution in [0.4, 0.5) is 0 Å². The highest BCUT2D eigenvalue weighted by Gasteiger charge is 2.46. The van der Waals surface area contributed by atoms with Crippen LogP contribution in [0, 0.1) is 0 Å². The maximum atomic E-state index is 12.8. The van der Waals surface area contributed by atoms with Gasteiger partial charge in [0.2, 0.25) is 0 Å². The molecule has 0 aromatic rings. The second-order valence-corrected chi connectivity index (χ2v) is 16.9. The van der Waals surface area contributed by atoms with Gasteiger partial charge in [-0.05, 0) is 19.3 Å². The van der Waals surface area contributed by atoms with Crippen molar-refractivity contribution in [3.05, 3.63) is 24.3 Å². The molecule has 13 heteroatoms. The summed E-state index contributed by atoms with van der Waals surface area (Å²) in [6.45, 7) is 3.65. The Balaban J connectivity index is 2.51. The van der Waals surface area contributed by atoms with Crippen LogP contribution in [0.5, 0.6) is 0 Å². The van der Waals surface area contributed by atoms with E-state index in [-0.39, 0.29) is 13.0 Å². The molecule has 12 nitrogen and oxygen atoms in total. The molecular formula is C43H78O12S. The molecule has 328 valence electrons. The molecule has 0 aromatic heterocycles. The first kappa shape index (κ1) is 52.1. The Morgan fingerprint density at radius 2 is 1.12 bits per heavy atom. The molecule has 4 N–H and O–H groups in total. The summed E-state index contributed by atoms with van der Waals surface area (Å²) in [7, 11) is -4.61. The van der Waals surface area contributed by atoms with E-state index < -0.39 is 71.2 Å². The quantitative estimate of drug-likeness (QED) is 0.0156. The van der Waals surface area contributed by atoms with Crippen molar-refractivity contribution in [2.45, 2.75) is 218 Å². The minimum Gasteiger partial charge on any atom is -0.458 e. The van der Waals surface area contributed by atoms with Gasteiger partial charge in [0.1, 0.15) is 36.8 Å². The van der Waals surface area contributed by atoms with Crippen LogP contribution in [0.3, 0.4) is 0 Å². The van der Waals surface area contributed by atoms with Crippen LogP contribution in [-0.2, 0) is 38.7 Å².